The van der Waals surface area contributed by atoms with E-state index in [-0.39, 0.29) is 17.6 Å². The van der Waals surface area contributed by atoms with Crippen LogP contribution in [0.3, 0.4) is 0 Å². The lowest BCUT2D eigenvalue weighted by Gasteiger charge is -2.22. The number of hydrogen-bond donors (Lipinski definition) is 1. The van der Waals surface area contributed by atoms with Gasteiger partial charge in [-0.25, -0.2) is 4.39 Å². The molecule has 0 radical (unpaired) electrons. The summed E-state index contributed by atoms with van der Waals surface area (Å²) in [6, 6.07) is 9.41. The van der Waals surface area contributed by atoms with E-state index in [1.54, 1.807) is 23.1 Å². The highest BCUT2D eigenvalue weighted by Crippen LogP contribution is 2.29. The maximum absolute atomic E-state index is 13.0. The predicted octanol–water partition coefficient (Wildman–Crippen LogP) is 4.27. The van der Waals surface area contributed by atoms with Crippen molar-refractivity contribution in [3.05, 3.63) is 58.0 Å². The van der Waals surface area contributed by atoms with Crippen molar-refractivity contribution in [2.45, 2.75) is 29.0 Å². The molecule has 1 aromatic carbocycles. The van der Waals surface area contributed by atoms with Crippen molar-refractivity contribution >= 4 is 51.4 Å². The third-order valence-corrected chi connectivity index (χ3v) is 7.36. The van der Waals surface area contributed by atoms with E-state index in [0.717, 1.165) is 12.0 Å². The molecular weight excluding hydrogens is 431 g/mol. The number of nitrogens with zero attached hydrogens (tertiary/aromatic N) is 3. The number of thioether (sulfide) groups is 1. The fourth-order valence-electron chi connectivity index (χ4n) is 3.06. The number of hydrogen-bond acceptors (Lipinski definition) is 7. The lowest BCUT2D eigenvalue weighted by molar-refractivity contribution is -0.119. The van der Waals surface area contributed by atoms with Crippen LogP contribution in [0.1, 0.15) is 28.1 Å². The number of halogens is 1. The van der Waals surface area contributed by atoms with Crippen molar-refractivity contribution in [1.82, 2.24) is 15.1 Å². The fraction of sp³-hybridized carbons (Fsp3) is 0.263. The SMILES string of the molecule is O=C(Nc1nnc(SCc2ccc(F)cc2)s1)C1CCCN1C(=O)c1cccs1. The second-order valence-electron chi connectivity index (χ2n) is 6.41. The Labute approximate surface area is 179 Å². The normalized spacial score (nSPS) is 16.2. The van der Waals surface area contributed by atoms with Crippen molar-refractivity contribution < 1.29 is 14.0 Å². The number of thiophene rings is 1. The highest BCUT2D eigenvalue weighted by atomic mass is 32.2. The van der Waals surface area contributed by atoms with Crippen molar-refractivity contribution in [1.29, 1.82) is 0 Å². The number of amides is 2. The lowest BCUT2D eigenvalue weighted by atomic mass is 10.2. The van der Waals surface area contributed by atoms with Gasteiger partial charge in [0.15, 0.2) is 4.34 Å². The Morgan fingerprint density at radius 3 is 2.83 bits per heavy atom. The zero-order valence-corrected chi connectivity index (χ0v) is 17.7. The third-order valence-electron chi connectivity index (χ3n) is 4.46. The van der Waals surface area contributed by atoms with E-state index >= 15 is 0 Å². The maximum Gasteiger partial charge on any atom is 0.264 e. The zero-order valence-electron chi connectivity index (χ0n) is 15.2. The number of nitrogens with one attached hydrogen (secondary N) is 1. The fourth-order valence-corrected chi connectivity index (χ4v) is 5.45. The van der Waals surface area contributed by atoms with Gasteiger partial charge >= 0.3 is 0 Å². The van der Waals surface area contributed by atoms with Crippen LogP contribution in [0.2, 0.25) is 0 Å². The van der Waals surface area contributed by atoms with Crippen molar-refractivity contribution in [3.63, 3.8) is 0 Å². The molecule has 0 spiro atoms. The van der Waals surface area contributed by atoms with Crippen LogP contribution in [0, 0.1) is 5.82 Å². The first-order chi connectivity index (χ1) is 14.1. The van der Waals surface area contributed by atoms with Crippen LogP contribution in [0.25, 0.3) is 0 Å². The van der Waals surface area contributed by atoms with E-state index in [9.17, 15) is 14.0 Å². The second kappa shape index (κ2) is 9.02. The van der Waals surface area contributed by atoms with Crippen LogP contribution < -0.4 is 5.32 Å². The topological polar surface area (TPSA) is 75.2 Å². The van der Waals surface area contributed by atoms with Gasteiger partial charge in [-0.3, -0.25) is 14.9 Å². The van der Waals surface area contributed by atoms with E-state index in [1.807, 2.05) is 11.4 Å². The number of carbonyl (C=O) groups is 2. The molecule has 3 aromatic rings. The van der Waals surface area contributed by atoms with Crippen molar-refractivity contribution in [2.24, 2.45) is 0 Å². The molecule has 1 atom stereocenters. The summed E-state index contributed by atoms with van der Waals surface area (Å²) in [6.07, 6.45) is 1.43. The van der Waals surface area contributed by atoms with E-state index in [2.05, 4.69) is 15.5 Å². The van der Waals surface area contributed by atoms with Crippen molar-refractivity contribution in [2.75, 3.05) is 11.9 Å². The summed E-state index contributed by atoms with van der Waals surface area (Å²) in [5.41, 5.74) is 0.978. The summed E-state index contributed by atoms with van der Waals surface area (Å²) in [7, 11) is 0. The third kappa shape index (κ3) is 4.82. The molecule has 1 aliphatic heterocycles. The van der Waals surface area contributed by atoms with Gasteiger partial charge in [-0.05, 0) is 42.0 Å². The summed E-state index contributed by atoms with van der Waals surface area (Å²) in [5.74, 6) is 0.0245. The minimum absolute atomic E-state index is 0.106. The number of likely N-dealkylation sites (tertiary alicyclic amines) is 1. The van der Waals surface area contributed by atoms with Crippen LogP contribution in [-0.4, -0.2) is 39.5 Å². The molecule has 10 heteroatoms. The average Bonchev–Trinajstić information content (AvgIpc) is 3.48. The van der Waals surface area contributed by atoms with Gasteiger partial charge in [0.1, 0.15) is 11.9 Å². The molecule has 0 bridgehead atoms. The monoisotopic (exact) mass is 448 g/mol. The molecular formula is C19H17FN4O2S3. The first-order valence-corrected chi connectivity index (χ1v) is 11.6. The Morgan fingerprint density at radius 2 is 2.07 bits per heavy atom. The Kier molecular flexibility index (Phi) is 6.22. The number of aromatic nitrogens is 2. The molecule has 3 heterocycles. The molecule has 1 fully saturated rings. The van der Waals surface area contributed by atoms with Gasteiger partial charge in [-0.2, -0.15) is 0 Å². The summed E-state index contributed by atoms with van der Waals surface area (Å²) in [6.45, 7) is 0.573. The molecule has 1 saturated heterocycles. The summed E-state index contributed by atoms with van der Waals surface area (Å²) < 4.78 is 13.7. The Bertz CT molecular complexity index is 991. The van der Waals surface area contributed by atoms with E-state index in [0.29, 0.717) is 33.1 Å². The molecule has 2 amide bonds. The first-order valence-electron chi connectivity index (χ1n) is 8.96. The Hall–Kier alpha value is -2.30. The number of rotatable bonds is 6. The predicted molar refractivity (Wildman–Crippen MR) is 113 cm³/mol. The number of benzene rings is 1. The van der Waals surface area contributed by atoms with E-state index in [4.69, 9.17) is 0 Å². The van der Waals surface area contributed by atoms with Crippen LogP contribution in [0.15, 0.2) is 46.1 Å². The van der Waals surface area contributed by atoms with Crippen LogP contribution >= 0.6 is 34.4 Å². The van der Waals surface area contributed by atoms with E-state index < -0.39 is 6.04 Å². The molecule has 0 saturated carbocycles. The van der Waals surface area contributed by atoms with Crippen LogP contribution in [0.4, 0.5) is 9.52 Å². The minimum Gasteiger partial charge on any atom is -0.326 e. The highest BCUT2D eigenvalue weighted by molar-refractivity contribution is 8.00. The molecule has 4 rings (SSSR count). The first kappa shape index (κ1) is 20.0. The van der Waals surface area contributed by atoms with Gasteiger partial charge < -0.3 is 4.90 Å². The minimum atomic E-state index is -0.496. The molecule has 1 N–H and O–H groups in total. The molecule has 2 aromatic heterocycles. The van der Waals surface area contributed by atoms with Crippen molar-refractivity contribution in [3.8, 4) is 0 Å². The largest absolute Gasteiger partial charge is 0.326 e. The zero-order chi connectivity index (χ0) is 20.2. The molecule has 1 unspecified atom stereocenters. The highest BCUT2D eigenvalue weighted by Gasteiger charge is 2.35. The van der Waals surface area contributed by atoms with Gasteiger partial charge in [0.25, 0.3) is 5.91 Å². The van der Waals surface area contributed by atoms with Gasteiger partial charge in [0.2, 0.25) is 11.0 Å². The Balaban J connectivity index is 1.34. The standard InChI is InChI=1S/C19H17FN4O2S3/c20-13-7-5-12(6-8-13)11-28-19-23-22-18(29-19)21-16(25)14-3-1-9-24(14)17(26)15-4-2-10-27-15/h2,4-8,10,14H,1,3,9,11H2,(H,21,22,25). The lowest BCUT2D eigenvalue weighted by Crippen LogP contribution is -2.42. The van der Waals surface area contributed by atoms with Gasteiger partial charge in [-0.15, -0.1) is 21.5 Å². The molecule has 1 aliphatic rings. The molecule has 0 aliphatic carbocycles. The summed E-state index contributed by atoms with van der Waals surface area (Å²) >= 11 is 4.13. The quantitative estimate of drug-likeness (QED) is 0.450. The number of anilines is 1. The van der Waals surface area contributed by atoms with Crippen LogP contribution in [-0.2, 0) is 10.5 Å². The second-order valence-corrected chi connectivity index (χ2v) is 9.56. The van der Waals surface area contributed by atoms with Gasteiger partial charge in [0, 0.05) is 12.3 Å². The van der Waals surface area contributed by atoms with E-state index in [1.165, 1.54) is 46.6 Å². The maximum atomic E-state index is 13.0. The molecule has 29 heavy (non-hydrogen) atoms. The molecule has 6 nitrogen and oxygen atoms in total. The average molecular weight is 449 g/mol. The number of carbonyl (C=O) groups excluding carboxylic acids is 2. The smallest absolute Gasteiger partial charge is 0.264 e. The summed E-state index contributed by atoms with van der Waals surface area (Å²) in [5, 5.41) is 13.2. The molecule has 150 valence electrons. The summed E-state index contributed by atoms with van der Waals surface area (Å²) in [4.78, 5) is 27.6. The van der Waals surface area contributed by atoms with Gasteiger partial charge in [-0.1, -0.05) is 41.3 Å². The van der Waals surface area contributed by atoms with Crippen LogP contribution in [0.5, 0.6) is 0 Å². The Morgan fingerprint density at radius 1 is 1.24 bits per heavy atom. The van der Waals surface area contributed by atoms with Gasteiger partial charge in [0.05, 0.1) is 4.88 Å².